The van der Waals surface area contributed by atoms with Crippen molar-refractivity contribution in [3.05, 3.63) is 35.6 Å². The molecule has 1 aliphatic heterocycles. The van der Waals surface area contributed by atoms with Crippen molar-refractivity contribution < 1.29 is 9.13 Å². The molecule has 0 aromatic heterocycles. The summed E-state index contributed by atoms with van der Waals surface area (Å²) in [7, 11) is 0. The first-order valence-corrected chi connectivity index (χ1v) is 5.44. The minimum Gasteiger partial charge on any atom is -0.478 e. The Morgan fingerprint density at radius 1 is 1.31 bits per heavy atom. The maximum absolute atomic E-state index is 13.5. The van der Waals surface area contributed by atoms with Crippen molar-refractivity contribution in [2.75, 3.05) is 6.61 Å². The smallest absolute Gasteiger partial charge is 0.189 e. The lowest BCUT2D eigenvalue weighted by atomic mass is 9.97. The maximum Gasteiger partial charge on any atom is 0.189 e. The lowest BCUT2D eigenvalue weighted by molar-refractivity contribution is 0.282. The van der Waals surface area contributed by atoms with Gasteiger partial charge >= 0.3 is 0 Å². The molecule has 2 nitrogen and oxygen atoms in total. The third kappa shape index (κ3) is 2.08. The number of aliphatic imine (C=N–C) groups is 1. The van der Waals surface area contributed by atoms with Crippen LogP contribution in [0.15, 0.2) is 29.3 Å². The Kier molecular flexibility index (Phi) is 2.70. The van der Waals surface area contributed by atoms with E-state index >= 15 is 0 Å². The van der Waals surface area contributed by atoms with Crippen molar-refractivity contribution >= 4 is 5.90 Å². The van der Waals surface area contributed by atoms with Crippen LogP contribution >= 0.6 is 0 Å². The van der Waals surface area contributed by atoms with E-state index in [9.17, 15) is 4.39 Å². The van der Waals surface area contributed by atoms with Gasteiger partial charge in [0.1, 0.15) is 18.5 Å². The number of benzene rings is 1. The van der Waals surface area contributed by atoms with Gasteiger partial charge in [-0.1, -0.05) is 39.0 Å². The van der Waals surface area contributed by atoms with E-state index in [2.05, 4.69) is 4.99 Å². The Balaban J connectivity index is 2.27. The molecule has 1 aliphatic rings. The molecule has 0 spiro atoms. The van der Waals surface area contributed by atoms with E-state index in [-0.39, 0.29) is 17.3 Å². The van der Waals surface area contributed by atoms with E-state index in [1.807, 2.05) is 26.8 Å². The Hall–Kier alpha value is -1.38. The SMILES string of the molecule is CC(C)(C)C1=N[C@@H](c2ccccc2F)CO1. The number of hydrogen-bond donors (Lipinski definition) is 0. The molecule has 0 N–H and O–H groups in total. The highest BCUT2D eigenvalue weighted by atomic mass is 19.1. The fraction of sp³-hybridized carbons (Fsp3) is 0.462. The highest BCUT2D eigenvalue weighted by molar-refractivity contribution is 5.83. The molecule has 86 valence electrons. The second kappa shape index (κ2) is 3.89. The zero-order valence-corrected chi connectivity index (χ0v) is 9.83. The summed E-state index contributed by atoms with van der Waals surface area (Å²) in [6.45, 7) is 6.55. The summed E-state index contributed by atoms with van der Waals surface area (Å²) in [5.74, 6) is 0.496. The molecule has 0 fully saturated rings. The van der Waals surface area contributed by atoms with Gasteiger partial charge in [0.05, 0.1) is 0 Å². The molecule has 3 heteroatoms. The lowest BCUT2D eigenvalue weighted by Crippen LogP contribution is -2.20. The monoisotopic (exact) mass is 221 g/mol. The van der Waals surface area contributed by atoms with Crippen LogP contribution in [-0.2, 0) is 4.74 Å². The van der Waals surface area contributed by atoms with Gasteiger partial charge in [0, 0.05) is 11.0 Å². The van der Waals surface area contributed by atoms with Crippen LogP contribution < -0.4 is 0 Å². The van der Waals surface area contributed by atoms with Crippen molar-refractivity contribution in [2.45, 2.75) is 26.8 Å². The van der Waals surface area contributed by atoms with Gasteiger partial charge in [-0.15, -0.1) is 0 Å². The Morgan fingerprint density at radius 2 is 2.00 bits per heavy atom. The Morgan fingerprint density at radius 3 is 2.56 bits per heavy atom. The number of nitrogens with zero attached hydrogens (tertiary/aromatic N) is 1. The topological polar surface area (TPSA) is 21.6 Å². The first-order chi connectivity index (χ1) is 7.48. The van der Waals surface area contributed by atoms with Gasteiger partial charge in [-0.2, -0.15) is 0 Å². The number of rotatable bonds is 1. The van der Waals surface area contributed by atoms with Crippen LogP contribution in [-0.4, -0.2) is 12.5 Å². The van der Waals surface area contributed by atoms with Crippen LogP contribution in [0.3, 0.4) is 0 Å². The minimum atomic E-state index is -0.213. The van der Waals surface area contributed by atoms with Crippen LogP contribution in [0.2, 0.25) is 0 Å². The normalized spacial score (nSPS) is 20.5. The van der Waals surface area contributed by atoms with Crippen LogP contribution in [0.5, 0.6) is 0 Å². The predicted molar refractivity (Wildman–Crippen MR) is 62.0 cm³/mol. The number of ether oxygens (including phenoxy) is 1. The van der Waals surface area contributed by atoms with Crippen LogP contribution in [0.1, 0.15) is 32.4 Å². The Labute approximate surface area is 95.2 Å². The van der Waals surface area contributed by atoms with E-state index in [0.717, 1.165) is 0 Å². The van der Waals surface area contributed by atoms with E-state index in [1.54, 1.807) is 12.1 Å². The highest BCUT2D eigenvalue weighted by Crippen LogP contribution is 2.30. The van der Waals surface area contributed by atoms with Crippen molar-refractivity contribution in [2.24, 2.45) is 10.4 Å². The molecule has 0 unspecified atom stereocenters. The molecule has 0 saturated heterocycles. The number of halogens is 1. The van der Waals surface area contributed by atoms with Crippen molar-refractivity contribution in [3.8, 4) is 0 Å². The van der Waals surface area contributed by atoms with E-state index < -0.39 is 0 Å². The minimum absolute atomic E-state index is 0.111. The summed E-state index contributed by atoms with van der Waals surface area (Å²) in [5, 5.41) is 0. The van der Waals surface area contributed by atoms with E-state index in [4.69, 9.17) is 4.74 Å². The molecular weight excluding hydrogens is 205 g/mol. The summed E-state index contributed by atoms with van der Waals surface area (Å²) in [6.07, 6.45) is 0. The molecule has 16 heavy (non-hydrogen) atoms. The quantitative estimate of drug-likeness (QED) is 0.712. The summed E-state index contributed by atoms with van der Waals surface area (Å²) in [5.41, 5.74) is 0.502. The van der Waals surface area contributed by atoms with Gasteiger partial charge in [0.15, 0.2) is 5.90 Å². The molecule has 0 bridgehead atoms. The summed E-state index contributed by atoms with van der Waals surface area (Å²) in [4.78, 5) is 4.44. The molecule has 1 heterocycles. The summed E-state index contributed by atoms with van der Waals surface area (Å²) >= 11 is 0. The van der Waals surface area contributed by atoms with Gasteiger partial charge in [-0.3, -0.25) is 0 Å². The van der Waals surface area contributed by atoms with Crippen LogP contribution in [0, 0.1) is 11.2 Å². The second-order valence-corrected chi connectivity index (χ2v) is 5.03. The van der Waals surface area contributed by atoms with Crippen LogP contribution in [0.25, 0.3) is 0 Å². The first-order valence-electron chi connectivity index (χ1n) is 5.44. The third-order valence-electron chi connectivity index (χ3n) is 2.56. The van der Waals surface area contributed by atoms with Crippen LogP contribution in [0.4, 0.5) is 4.39 Å². The average molecular weight is 221 g/mol. The standard InChI is InChI=1S/C13H16FNO/c1-13(2,3)12-15-11(8-16-12)9-6-4-5-7-10(9)14/h4-7,11H,8H2,1-3H3/t11-/m1/s1. The van der Waals surface area contributed by atoms with Crippen molar-refractivity contribution in [3.63, 3.8) is 0 Å². The Bertz CT molecular complexity index is 420. The molecule has 0 amide bonds. The molecule has 1 atom stereocenters. The van der Waals surface area contributed by atoms with Crippen molar-refractivity contribution in [1.29, 1.82) is 0 Å². The summed E-state index contributed by atoms with van der Waals surface area (Å²) < 4.78 is 19.1. The fourth-order valence-electron chi connectivity index (χ4n) is 1.69. The lowest BCUT2D eigenvalue weighted by Gasteiger charge is -2.16. The molecule has 0 saturated carbocycles. The zero-order valence-electron chi connectivity index (χ0n) is 9.83. The largest absolute Gasteiger partial charge is 0.478 e. The highest BCUT2D eigenvalue weighted by Gasteiger charge is 2.30. The molecule has 1 aromatic carbocycles. The first kappa shape index (κ1) is 11.1. The predicted octanol–water partition coefficient (Wildman–Crippen LogP) is 3.34. The van der Waals surface area contributed by atoms with E-state index in [1.165, 1.54) is 6.07 Å². The van der Waals surface area contributed by atoms with Gasteiger partial charge in [0.25, 0.3) is 0 Å². The van der Waals surface area contributed by atoms with Gasteiger partial charge in [-0.25, -0.2) is 9.38 Å². The molecule has 2 rings (SSSR count). The summed E-state index contributed by atoms with van der Waals surface area (Å²) in [6, 6.07) is 6.53. The maximum atomic E-state index is 13.5. The molecule has 0 radical (unpaired) electrons. The van der Waals surface area contributed by atoms with Crippen molar-refractivity contribution in [1.82, 2.24) is 0 Å². The molecule has 1 aromatic rings. The van der Waals surface area contributed by atoms with Gasteiger partial charge < -0.3 is 4.74 Å². The van der Waals surface area contributed by atoms with Gasteiger partial charge in [-0.05, 0) is 6.07 Å². The zero-order chi connectivity index (χ0) is 11.8. The van der Waals surface area contributed by atoms with Gasteiger partial charge in [0.2, 0.25) is 0 Å². The molecule has 0 aliphatic carbocycles. The fourth-order valence-corrected chi connectivity index (χ4v) is 1.69. The van der Waals surface area contributed by atoms with E-state index in [0.29, 0.717) is 18.1 Å². The third-order valence-corrected chi connectivity index (χ3v) is 2.56. The second-order valence-electron chi connectivity index (χ2n) is 5.03. The molecular formula is C13H16FNO. The average Bonchev–Trinajstić information content (AvgIpc) is 2.66. The number of hydrogen-bond acceptors (Lipinski definition) is 2.